The van der Waals surface area contributed by atoms with Crippen molar-refractivity contribution in [1.82, 2.24) is 0 Å². The highest BCUT2D eigenvalue weighted by atomic mass is 35.5. The second-order valence-electron chi connectivity index (χ2n) is 6.57. The van der Waals surface area contributed by atoms with Crippen LogP contribution in [0.3, 0.4) is 0 Å². The summed E-state index contributed by atoms with van der Waals surface area (Å²) in [5.41, 5.74) is 4.90. The van der Waals surface area contributed by atoms with Gasteiger partial charge in [0, 0.05) is 10.9 Å². The third kappa shape index (κ3) is 5.25. The lowest BCUT2D eigenvalue weighted by Gasteiger charge is -2.17. The summed E-state index contributed by atoms with van der Waals surface area (Å²) in [6, 6.07) is 10.6. The van der Waals surface area contributed by atoms with Crippen LogP contribution >= 0.6 is 11.6 Å². The Morgan fingerprint density at radius 3 is 2.54 bits per heavy atom. The first-order valence-corrected chi connectivity index (χ1v) is 8.74. The summed E-state index contributed by atoms with van der Waals surface area (Å²) in [5.74, 6) is -0.0843. The molecule has 0 N–H and O–H groups in total. The van der Waals surface area contributed by atoms with Crippen molar-refractivity contribution in [2.24, 2.45) is 0 Å². The van der Waals surface area contributed by atoms with Crippen molar-refractivity contribution < 1.29 is 13.2 Å². The SMILES string of the molecule is C=C(/C=C\c1cccc(Cl)c1C)C(C)c1cc(CC(F)(F)F)ccc1C. The van der Waals surface area contributed by atoms with Crippen LogP contribution in [0.15, 0.2) is 54.6 Å². The zero-order chi connectivity index (χ0) is 19.5. The maximum Gasteiger partial charge on any atom is 0.393 e. The second kappa shape index (κ2) is 8.13. The molecule has 0 aliphatic heterocycles. The number of aryl methyl sites for hydroxylation is 1. The van der Waals surface area contributed by atoms with Crippen molar-refractivity contribution in [3.63, 3.8) is 0 Å². The first-order chi connectivity index (χ1) is 12.1. The maximum absolute atomic E-state index is 12.7. The van der Waals surface area contributed by atoms with Gasteiger partial charge in [-0.15, -0.1) is 0 Å². The fourth-order valence-corrected chi connectivity index (χ4v) is 3.03. The molecule has 1 unspecified atom stereocenters. The van der Waals surface area contributed by atoms with Crippen LogP contribution in [0.4, 0.5) is 13.2 Å². The summed E-state index contributed by atoms with van der Waals surface area (Å²) in [7, 11) is 0. The first-order valence-electron chi connectivity index (χ1n) is 8.36. The first kappa shape index (κ1) is 20.3. The third-order valence-electron chi connectivity index (χ3n) is 4.56. The summed E-state index contributed by atoms with van der Waals surface area (Å²) in [5, 5.41) is 0.696. The maximum atomic E-state index is 12.7. The predicted molar refractivity (Wildman–Crippen MR) is 104 cm³/mol. The molecule has 1 atom stereocenters. The van der Waals surface area contributed by atoms with Crippen molar-refractivity contribution in [3.8, 4) is 0 Å². The smallest absolute Gasteiger partial charge is 0.171 e. The van der Waals surface area contributed by atoms with Gasteiger partial charge in [-0.1, -0.05) is 67.6 Å². The van der Waals surface area contributed by atoms with E-state index in [9.17, 15) is 13.2 Å². The van der Waals surface area contributed by atoms with Gasteiger partial charge < -0.3 is 0 Å². The summed E-state index contributed by atoms with van der Waals surface area (Å²) in [6.45, 7) is 9.90. The minimum absolute atomic E-state index is 0.0843. The number of benzene rings is 2. The molecular weight excluding hydrogens is 357 g/mol. The predicted octanol–water partition coefficient (Wildman–Crippen LogP) is 7.43. The van der Waals surface area contributed by atoms with Gasteiger partial charge in [-0.3, -0.25) is 0 Å². The van der Waals surface area contributed by atoms with Crippen LogP contribution < -0.4 is 0 Å². The third-order valence-corrected chi connectivity index (χ3v) is 4.97. The van der Waals surface area contributed by atoms with E-state index < -0.39 is 12.6 Å². The van der Waals surface area contributed by atoms with Crippen molar-refractivity contribution in [3.05, 3.63) is 87.5 Å². The summed E-state index contributed by atoms with van der Waals surface area (Å²) < 4.78 is 38.0. The molecule has 26 heavy (non-hydrogen) atoms. The van der Waals surface area contributed by atoms with Gasteiger partial charge in [-0.05, 0) is 53.3 Å². The van der Waals surface area contributed by atoms with Gasteiger partial charge in [-0.2, -0.15) is 13.2 Å². The molecule has 0 nitrogen and oxygen atoms in total. The highest BCUT2D eigenvalue weighted by molar-refractivity contribution is 6.31. The normalized spacial score (nSPS) is 13.2. The topological polar surface area (TPSA) is 0 Å². The zero-order valence-corrected chi connectivity index (χ0v) is 15.9. The molecule has 2 aromatic rings. The van der Waals surface area contributed by atoms with Crippen molar-refractivity contribution in [2.75, 3.05) is 0 Å². The van der Waals surface area contributed by atoms with Crippen LogP contribution in [0.2, 0.25) is 5.02 Å². The van der Waals surface area contributed by atoms with Crippen LogP contribution in [0.5, 0.6) is 0 Å². The Hall–Kier alpha value is -2.00. The lowest BCUT2D eigenvalue weighted by Crippen LogP contribution is -2.12. The molecule has 2 rings (SSSR count). The molecular formula is C22H22ClF3. The van der Waals surface area contributed by atoms with Crippen molar-refractivity contribution in [1.29, 1.82) is 0 Å². The Morgan fingerprint density at radius 2 is 1.88 bits per heavy atom. The molecule has 0 saturated heterocycles. The monoisotopic (exact) mass is 378 g/mol. The molecule has 0 radical (unpaired) electrons. The van der Waals surface area contributed by atoms with Gasteiger partial charge in [0.1, 0.15) is 0 Å². The molecule has 0 aromatic heterocycles. The van der Waals surface area contributed by atoms with Gasteiger partial charge in [0.05, 0.1) is 6.42 Å². The summed E-state index contributed by atoms with van der Waals surface area (Å²) in [6.07, 6.45) is -1.29. The molecule has 0 aliphatic carbocycles. The van der Waals surface area contributed by atoms with Crippen molar-refractivity contribution >= 4 is 17.7 Å². The number of alkyl halides is 3. The minimum atomic E-state index is -4.21. The van der Waals surface area contributed by atoms with E-state index in [1.165, 1.54) is 6.07 Å². The van der Waals surface area contributed by atoms with E-state index in [-0.39, 0.29) is 11.5 Å². The second-order valence-corrected chi connectivity index (χ2v) is 6.97. The molecule has 2 aromatic carbocycles. The molecule has 0 amide bonds. The Morgan fingerprint density at radius 1 is 1.19 bits per heavy atom. The minimum Gasteiger partial charge on any atom is -0.171 e. The molecule has 0 spiro atoms. The fraction of sp³-hybridized carbons (Fsp3) is 0.273. The van der Waals surface area contributed by atoms with Crippen LogP contribution in [-0.4, -0.2) is 6.18 Å². The molecule has 0 heterocycles. The van der Waals surface area contributed by atoms with Gasteiger partial charge in [-0.25, -0.2) is 0 Å². The fourth-order valence-electron chi connectivity index (χ4n) is 2.84. The Labute approximate surface area is 158 Å². The summed E-state index contributed by atoms with van der Waals surface area (Å²) in [4.78, 5) is 0. The van der Waals surface area contributed by atoms with Crippen molar-refractivity contribution in [2.45, 2.75) is 39.3 Å². The average Bonchev–Trinajstić information content (AvgIpc) is 2.55. The quantitative estimate of drug-likeness (QED) is 0.474. The average molecular weight is 379 g/mol. The number of allylic oxidation sites excluding steroid dienone is 2. The largest absolute Gasteiger partial charge is 0.393 e. The van der Waals surface area contributed by atoms with Gasteiger partial charge in [0.25, 0.3) is 0 Å². The number of halogens is 4. The molecule has 0 saturated carbocycles. The Balaban J connectivity index is 2.23. The lowest BCUT2D eigenvalue weighted by molar-refractivity contribution is -0.127. The van der Waals surface area contributed by atoms with E-state index in [1.807, 2.05) is 51.1 Å². The molecule has 138 valence electrons. The van der Waals surface area contributed by atoms with Gasteiger partial charge >= 0.3 is 6.18 Å². The molecule has 0 bridgehead atoms. The Kier molecular flexibility index (Phi) is 6.35. The summed E-state index contributed by atoms with van der Waals surface area (Å²) >= 11 is 6.13. The molecule has 0 fully saturated rings. The van der Waals surface area contributed by atoms with Gasteiger partial charge in [0.2, 0.25) is 0 Å². The lowest BCUT2D eigenvalue weighted by atomic mass is 9.88. The van der Waals surface area contributed by atoms with Crippen LogP contribution in [-0.2, 0) is 6.42 Å². The van der Waals surface area contributed by atoms with E-state index >= 15 is 0 Å². The molecule has 0 aliphatic rings. The van der Waals surface area contributed by atoms with E-state index in [0.717, 1.165) is 27.8 Å². The number of hydrogen-bond donors (Lipinski definition) is 0. The highest BCUT2D eigenvalue weighted by Crippen LogP contribution is 2.30. The standard InChI is InChI=1S/C22H22ClF3/c1-14(9-11-19-6-5-7-21(23)17(19)4)16(3)20-12-18(10-8-15(20)2)13-22(24,25)26/h5-12,16H,1,13H2,2-4H3/b11-9-. The number of rotatable bonds is 5. The highest BCUT2D eigenvalue weighted by Gasteiger charge is 2.28. The van der Waals surface area contributed by atoms with E-state index in [1.54, 1.807) is 12.1 Å². The van der Waals surface area contributed by atoms with Crippen LogP contribution in [0, 0.1) is 13.8 Å². The van der Waals surface area contributed by atoms with Crippen LogP contribution in [0.25, 0.3) is 6.08 Å². The zero-order valence-electron chi connectivity index (χ0n) is 15.1. The van der Waals surface area contributed by atoms with E-state index in [2.05, 4.69) is 6.58 Å². The van der Waals surface area contributed by atoms with Gasteiger partial charge in [0.15, 0.2) is 0 Å². The van der Waals surface area contributed by atoms with E-state index in [4.69, 9.17) is 11.6 Å². The van der Waals surface area contributed by atoms with Crippen LogP contribution in [0.1, 0.15) is 40.7 Å². The molecule has 4 heteroatoms. The van der Waals surface area contributed by atoms with E-state index in [0.29, 0.717) is 5.02 Å². The Bertz CT molecular complexity index is 832. The number of hydrogen-bond acceptors (Lipinski definition) is 0.